The smallest absolute Gasteiger partial charge is 0.212 e. The third-order valence-corrected chi connectivity index (χ3v) is 3.37. The zero-order chi connectivity index (χ0) is 11.9. The summed E-state index contributed by atoms with van der Waals surface area (Å²) in [4.78, 5) is 0. The molecule has 0 saturated carbocycles. The van der Waals surface area contributed by atoms with E-state index in [1.165, 1.54) is 0 Å². The number of hydrogen-bond acceptors (Lipinski definition) is 2. The number of hydrogen-bond donors (Lipinski definition) is 1. The number of benzene rings is 1. The fourth-order valence-electron chi connectivity index (χ4n) is 1.17. The van der Waals surface area contributed by atoms with E-state index in [2.05, 4.69) is 4.72 Å². The third kappa shape index (κ3) is 5.30. The molecule has 5 heteroatoms. The highest BCUT2D eigenvalue weighted by molar-refractivity contribution is 7.88. The Morgan fingerprint density at radius 1 is 1.19 bits per heavy atom. The molecule has 0 radical (unpaired) electrons. The normalized spacial score (nSPS) is 12.1. The number of rotatable bonds is 6. The molecule has 16 heavy (non-hydrogen) atoms. The van der Waals surface area contributed by atoms with Gasteiger partial charge in [0, 0.05) is 12.4 Å². The van der Waals surface area contributed by atoms with Gasteiger partial charge in [0.05, 0.1) is 5.75 Å². The molecule has 1 aromatic rings. The van der Waals surface area contributed by atoms with Crippen LogP contribution in [-0.4, -0.2) is 20.8 Å². The Labute approximate surface area is 101 Å². The van der Waals surface area contributed by atoms with Crippen LogP contribution in [0.2, 0.25) is 0 Å². The molecule has 0 aliphatic carbocycles. The molecule has 0 heterocycles. The maximum atomic E-state index is 11.6. The fourth-order valence-corrected chi connectivity index (χ4v) is 2.38. The fraction of sp³-hybridized carbons (Fsp3) is 0.273. The monoisotopic (exact) mass is 259 g/mol. The van der Waals surface area contributed by atoms with E-state index >= 15 is 0 Å². The summed E-state index contributed by atoms with van der Waals surface area (Å²) in [5.41, 5.74) is 0.774. The van der Waals surface area contributed by atoms with Gasteiger partial charge in [-0.3, -0.25) is 0 Å². The topological polar surface area (TPSA) is 46.2 Å². The average Bonchev–Trinajstić information content (AvgIpc) is 2.25. The Bertz CT molecular complexity index is 429. The SMILES string of the molecule is O=S(=O)(Cc1ccccc1)NC/C=C/CCl. The number of allylic oxidation sites excluding steroid dienone is 1. The molecule has 0 fully saturated rings. The second-order valence-corrected chi connectivity index (χ2v) is 5.33. The highest BCUT2D eigenvalue weighted by atomic mass is 35.5. The van der Waals surface area contributed by atoms with Gasteiger partial charge in [0.25, 0.3) is 0 Å². The lowest BCUT2D eigenvalue weighted by molar-refractivity contribution is 0.585. The molecule has 1 rings (SSSR count). The molecule has 0 spiro atoms. The average molecular weight is 260 g/mol. The summed E-state index contributed by atoms with van der Waals surface area (Å²) in [5.74, 6) is 0.392. The van der Waals surface area contributed by atoms with Gasteiger partial charge in [-0.2, -0.15) is 0 Å². The molecule has 3 nitrogen and oxygen atoms in total. The van der Waals surface area contributed by atoms with Crippen LogP contribution < -0.4 is 4.72 Å². The van der Waals surface area contributed by atoms with E-state index in [4.69, 9.17) is 11.6 Å². The van der Waals surface area contributed by atoms with Crippen molar-refractivity contribution in [1.82, 2.24) is 4.72 Å². The third-order valence-electron chi connectivity index (χ3n) is 1.88. The van der Waals surface area contributed by atoms with Crippen LogP contribution in [0.15, 0.2) is 42.5 Å². The van der Waals surface area contributed by atoms with E-state index in [0.717, 1.165) is 5.56 Å². The summed E-state index contributed by atoms with van der Waals surface area (Å²) in [5, 5.41) is 0. The molecule has 0 bridgehead atoms. The standard InChI is InChI=1S/C11H14ClNO2S/c12-8-4-5-9-13-16(14,15)10-11-6-2-1-3-7-11/h1-7,13H,8-10H2/b5-4+. The summed E-state index contributed by atoms with van der Waals surface area (Å²) in [6.45, 7) is 0.280. The van der Waals surface area contributed by atoms with E-state index in [1.807, 2.05) is 18.2 Å². The Kier molecular flexibility index (Phi) is 5.52. The minimum Gasteiger partial charge on any atom is -0.212 e. The summed E-state index contributed by atoms with van der Waals surface area (Å²) >= 11 is 5.42. The van der Waals surface area contributed by atoms with Gasteiger partial charge in [0.2, 0.25) is 10.0 Å². The molecule has 1 aromatic carbocycles. The molecule has 0 saturated heterocycles. The minimum absolute atomic E-state index is 0.00253. The lowest BCUT2D eigenvalue weighted by atomic mass is 10.2. The molecular weight excluding hydrogens is 246 g/mol. The maximum Gasteiger partial charge on any atom is 0.216 e. The first-order valence-corrected chi connectivity index (χ1v) is 7.05. The molecule has 88 valence electrons. The van der Waals surface area contributed by atoms with Crippen molar-refractivity contribution in [3.05, 3.63) is 48.0 Å². The molecule has 0 atom stereocenters. The van der Waals surface area contributed by atoms with Gasteiger partial charge in [0.1, 0.15) is 0 Å². The Morgan fingerprint density at radius 2 is 1.88 bits per heavy atom. The molecule has 0 aliphatic heterocycles. The Morgan fingerprint density at radius 3 is 2.50 bits per heavy atom. The predicted molar refractivity (Wildman–Crippen MR) is 66.9 cm³/mol. The van der Waals surface area contributed by atoms with Gasteiger partial charge in [-0.05, 0) is 5.56 Å². The van der Waals surface area contributed by atoms with E-state index in [-0.39, 0.29) is 12.3 Å². The zero-order valence-corrected chi connectivity index (χ0v) is 10.3. The van der Waals surface area contributed by atoms with Gasteiger partial charge in [-0.25, -0.2) is 13.1 Å². The number of nitrogens with one attached hydrogen (secondary N) is 1. The van der Waals surface area contributed by atoms with Crippen molar-refractivity contribution in [3.8, 4) is 0 Å². The Balaban J connectivity index is 2.49. The van der Waals surface area contributed by atoms with Crippen LogP contribution in [0.3, 0.4) is 0 Å². The van der Waals surface area contributed by atoms with Crippen molar-refractivity contribution in [3.63, 3.8) is 0 Å². The summed E-state index contributed by atoms with van der Waals surface area (Å²) < 4.78 is 25.6. The molecule has 1 N–H and O–H groups in total. The van der Waals surface area contributed by atoms with Crippen LogP contribution in [0, 0.1) is 0 Å². The second kappa shape index (κ2) is 6.68. The second-order valence-electron chi connectivity index (χ2n) is 3.22. The van der Waals surface area contributed by atoms with Gasteiger partial charge in [0.15, 0.2) is 0 Å². The van der Waals surface area contributed by atoms with Gasteiger partial charge in [-0.1, -0.05) is 42.5 Å². The van der Waals surface area contributed by atoms with Crippen molar-refractivity contribution < 1.29 is 8.42 Å². The zero-order valence-electron chi connectivity index (χ0n) is 8.77. The summed E-state index contributed by atoms with van der Waals surface area (Å²) in [6.07, 6.45) is 3.39. The molecule has 0 aliphatic rings. The summed E-state index contributed by atoms with van der Waals surface area (Å²) in [7, 11) is -3.26. The number of halogens is 1. The molecule has 0 aromatic heterocycles. The molecule has 0 unspecified atom stereocenters. The van der Waals surface area contributed by atoms with Crippen molar-refractivity contribution in [2.45, 2.75) is 5.75 Å². The van der Waals surface area contributed by atoms with Crippen LogP contribution >= 0.6 is 11.6 Å². The van der Waals surface area contributed by atoms with Crippen LogP contribution in [0.25, 0.3) is 0 Å². The first-order valence-electron chi connectivity index (χ1n) is 4.86. The van der Waals surface area contributed by atoms with E-state index in [0.29, 0.717) is 5.88 Å². The lowest BCUT2D eigenvalue weighted by Gasteiger charge is -2.04. The van der Waals surface area contributed by atoms with Crippen LogP contribution in [0.4, 0.5) is 0 Å². The first-order chi connectivity index (χ1) is 7.64. The highest BCUT2D eigenvalue weighted by Crippen LogP contribution is 2.03. The van der Waals surface area contributed by atoms with Crippen LogP contribution in [0.1, 0.15) is 5.56 Å². The first kappa shape index (κ1) is 13.2. The van der Waals surface area contributed by atoms with E-state index in [1.54, 1.807) is 24.3 Å². The molecular formula is C11H14ClNO2S. The van der Waals surface area contributed by atoms with Crippen molar-refractivity contribution in [2.24, 2.45) is 0 Å². The van der Waals surface area contributed by atoms with Crippen molar-refractivity contribution in [2.75, 3.05) is 12.4 Å². The number of alkyl halides is 1. The lowest BCUT2D eigenvalue weighted by Crippen LogP contribution is -2.25. The van der Waals surface area contributed by atoms with Crippen LogP contribution in [-0.2, 0) is 15.8 Å². The number of sulfonamides is 1. The van der Waals surface area contributed by atoms with Gasteiger partial charge in [-0.15, -0.1) is 11.6 Å². The van der Waals surface area contributed by atoms with Crippen molar-refractivity contribution >= 4 is 21.6 Å². The van der Waals surface area contributed by atoms with E-state index in [9.17, 15) is 8.42 Å². The summed E-state index contributed by atoms with van der Waals surface area (Å²) in [6, 6.07) is 9.06. The van der Waals surface area contributed by atoms with Crippen LogP contribution in [0.5, 0.6) is 0 Å². The highest BCUT2D eigenvalue weighted by Gasteiger charge is 2.09. The minimum atomic E-state index is -3.26. The molecule has 0 amide bonds. The van der Waals surface area contributed by atoms with Gasteiger partial charge < -0.3 is 0 Å². The Hall–Kier alpha value is -0.840. The van der Waals surface area contributed by atoms with Gasteiger partial charge >= 0.3 is 0 Å². The van der Waals surface area contributed by atoms with E-state index < -0.39 is 10.0 Å². The quantitative estimate of drug-likeness (QED) is 0.627. The largest absolute Gasteiger partial charge is 0.216 e. The maximum absolute atomic E-state index is 11.6. The van der Waals surface area contributed by atoms with Crippen molar-refractivity contribution in [1.29, 1.82) is 0 Å². The predicted octanol–water partition coefficient (Wildman–Crippen LogP) is 1.90.